The highest BCUT2D eigenvalue weighted by molar-refractivity contribution is 8.26. The quantitative estimate of drug-likeness (QED) is 0.252. The number of benzene rings is 1. The molecule has 1 aliphatic rings. The van der Waals surface area contributed by atoms with E-state index in [1.807, 2.05) is 6.26 Å². The van der Waals surface area contributed by atoms with Crippen LogP contribution in [0.1, 0.15) is 17.7 Å². The van der Waals surface area contributed by atoms with Crippen LogP contribution in [0.3, 0.4) is 0 Å². The first kappa shape index (κ1) is 23.0. The highest BCUT2D eigenvalue weighted by Gasteiger charge is 2.40. The minimum Gasteiger partial charge on any atom is -0.480 e. The summed E-state index contributed by atoms with van der Waals surface area (Å²) in [5.74, 6) is -0.441. The fourth-order valence-corrected chi connectivity index (χ4v) is 4.84. The highest BCUT2D eigenvalue weighted by atomic mass is 32.2. The molecule has 1 saturated heterocycles. The Morgan fingerprint density at radius 1 is 1.42 bits per heavy atom. The average molecular weight is 479 g/mol. The number of furan rings is 1. The Kier molecular flexibility index (Phi) is 7.19. The van der Waals surface area contributed by atoms with Crippen molar-refractivity contribution in [3.8, 4) is 11.3 Å². The normalized spacial score (nSPS) is 16.2. The van der Waals surface area contributed by atoms with Crippen molar-refractivity contribution >= 4 is 63.7 Å². The first-order valence-electron chi connectivity index (χ1n) is 9.07. The van der Waals surface area contributed by atoms with Gasteiger partial charge in [0.15, 0.2) is 0 Å². The van der Waals surface area contributed by atoms with Crippen molar-refractivity contribution in [3.05, 3.63) is 56.7 Å². The van der Waals surface area contributed by atoms with Gasteiger partial charge in [0.1, 0.15) is 21.9 Å². The van der Waals surface area contributed by atoms with E-state index in [2.05, 4.69) is 0 Å². The number of carbonyl (C=O) groups excluding carboxylic acids is 1. The molecule has 0 aliphatic carbocycles. The first-order chi connectivity index (χ1) is 14.7. The van der Waals surface area contributed by atoms with Crippen molar-refractivity contribution in [2.75, 3.05) is 12.0 Å². The molecule has 8 nitrogen and oxygen atoms in total. The zero-order chi connectivity index (χ0) is 22.7. The number of nitrogens with zero attached hydrogens (tertiary/aromatic N) is 2. The summed E-state index contributed by atoms with van der Waals surface area (Å²) >= 11 is 7.74. The predicted molar refractivity (Wildman–Crippen MR) is 125 cm³/mol. The molecule has 2 heterocycles. The lowest BCUT2D eigenvalue weighted by Gasteiger charge is -2.22. The van der Waals surface area contributed by atoms with Crippen LogP contribution in [0.25, 0.3) is 17.4 Å². The van der Waals surface area contributed by atoms with Gasteiger partial charge >= 0.3 is 5.97 Å². The Morgan fingerprint density at radius 2 is 2.16 bits per heavy atom. The van der Waals surface area contributed by atoms with E-state index < -0.39 is 22.8 Å². The lowest BCUT2D eigenvalue weighted by atomic mass is 10.1. The van der Waals surface area contributed by atoms with Crippen LogP contribution in [-0.2, 0) is 9.59 Å². The summed E-state index contributed by atoms with van der Waals surface area (Å²) < 4.78 is 5.90. The molecule has 162 valence electrons. The lowest BCUT2D eigenvalue weighted by Crippen LogP contribution is -2.44. The molecule has 1 aromatic carbocycles. The Bertz CT molecular complexity index is 1090. The summed E-state index contributed by atoms with van der Waals surface area (Å²) in [5.41, 5.74) is 0.997. The standard InChI is InChI=1S/C20H18N2O6S3/c1-11-3-5-13(15(9-11)22(26)27)16-6-4-12(28-16)10-17-18(23)21(20(29)31-17)14(19(24)25)7-8-30-2/h3-6,9-10,14H,7-8H2,1-2H3,(H,24,25). The van der Waals surface area contributed by atoms with Crippen LogP contribution in [0, 0.1) is 17.0 Å². The Morgan fingerprint density at radius 3 is 2.81 bits per heavy atom. The Labute approximate surface area is 191 Å². The molecule has 1 fully saturated rings. The van der Waals surface area contributed by atoms with Crippen molar-refractivity contribution in [1.29, 1.82) is 0 Å². The molecule has 2 aromatic rings. The molecule has 1 aliphatic heterocycles. The summed E-state index contributed by atoms with van der Waals surface area (Å²) in [6, 6.07) is 6.96. The van der Waals surface area contributed by atoms with Gasteiger partial charge < -0.3 is 9.52 Å². The van der Waals surface area contributed by atoms with Gasteiger partial charge in [-0.25, -0.2) is 4.79 Å². The third-order valence-electron chi connectivity index (χ3n) is 4.53. The monoisotopic (exact) mass is 478 g/mol. The Balaban J connectivity index is 1.88. The number of rotatable bonds is 8. The molecule has 0 spiro atoms. The predicted octanol–water partition coefficient (Wildman–Crippen LogP) is 4.57. The molecule has 11 heteroatoms. The first-order valence-corrected chi connectivity index (χ1v) is 11.7. The summed E-state index contributed by atoms with van der Waals surface area (Å²) in [6.07, 6.45) is 3.60. The van der Waals surface area contributed by atoms with E-state index in [-0.39, 0.29) is 27.1 Å². The van der Waals surface area contributed by atoms with Gasteiger partial charge in [0.25, 0.3) is 11.6 Å². The van der Waals surface area contributed by atoms with Gasteiger partial charge in [0.05, 0.1) is 15.4 Å². The number of aryl methyl sites for hydroxylation is 1. The molecule has 1 amide bonds. The zero-order valence-corrected chi connectivity index (χ0v) is 19.0. The number of carbonyl (C=O) groups is 2. The van der Waals surface area contributed by atoms with Gasteiger partial charge in [-0.3, -0.25) is 19.8 Å². The number of aliphatic carboxylic acids is 1. The van der Waals surface area contributed by atoms with Crippen LogP contribution in [0.2, 0.25) is 0 Å². The van der Waals surface area contributed by atoms with Crippen LogP contribution >= 0.6 is 35.7 Å². The third-order valence-corrected chi connectivity index (χ3v) is 6.51. The second-order valence-electron chi connectivity index (χ2n) is 6.67. The van der Waals surface area contributed by atoms with Crippen LogP contribution in [-0.4, -0.2) is 49.2 Å². The van der Waals surface area contributed by atoms with Crippen molar-refractivity contribution in [3.63, 3.8) is 0 Å². The van der Waals surface area contributed by atoms with Crippen LogP contribution < -0.4 is 0 Å². The molecule has 0 bridgehead atoms. The third kappa shape index (κ3) is 5.00. The fraction of sp³-hybridized carbons (Fsp3) is 0.250. The molecular weight excluding hydrogens is 460 g/mol. The number of hydrogen-bond donors (Lipinski definition) is 1. The van der Waals surface area contributed by atoms with Gasteiger partial charge in [0, 0.05) is 12.1 Å². The number of thiocarbonyl (C=S) groups is 1. The van der Waals surface area contributed by atoms with E-state index in [1.54, 1.807) is 31.2 Å². The Hall–Kier alpha value is -2.63. The summed E-state index contributed by atoms with van der Waals surface area (Å²) in [5, 5.41) is 20.9. The topological polar surface area (TPSA) is 114 Å². The number of thioether (sulfide) groups is 2. The van der Waals surface area contributed by atoms with Crippen LogP contribution in [0.15, 0.2) is 39.7 Å². The number of amides is 1. The summed E-state index contributed by atoms with van der Waals surface area (Å²) in [6.45, 7) is 1.76. The minimum atomic E-state index is -1.11. The van der Waals surface area contributed by atoms with E-state index in [9.17, 15) is 24.8 Å². The van der Waals surface area contributed by atoms with Gasteiger partial charge in [-0.05, 0) is 49.1 Å². The van der Waals surface area contributed by atoms with E-state index in [0.29, 0.717) is 17.1 Å². The largest absolute Gasteiger partial charge is 0.480 e. The maximum Gasteiger partial charge on any atom is 0.326 e. The average Bonchev–Trinajstić information content (AvgIpc) is 3.27. The van der Waals surface area contributed by atoms with E-state index in [0.717, 1.165) is 22.2 Å². The fourth-order valence-electron chi connectivity index (χ4n) is 3.05. The van der Waals surface area contributed by atoms with Gasteiger partial charge in [-0.1, -0.05) is 30.0 Å². The second kappa shape index (κ2) is 9.67. The lowest BCUT2D eigenvalue weighted by molar-refractivity contribution is -0.384. The summed E-state index contributed by atoms with van der Waals surface area (Å²) in [4.78, 5) is 36.8. The molecule has 1 atom stereocenters. The maximum absolute atomic E-state index is 12.8. The van der Waals surface area contributed by atoms with Gasteiger partial charge in [0.2, 0.25) is 0 Å². The van der Waals surface area contributed by atoms with Crippen LogP contribution in [0.4, 0.5) is 5.69 Å². The number of carboxylic acid groups (broad SMARTS) is 1. The second-order valence-corrected chi connectivity index (χ2v) is 9.33. The van der Waals surface area contributed by atoms with Crippen LogP contribution in [0.5, 0.6) is 0 Å². The maximum atomic E-state index is 12.8. The number of nitro benzene ring substituents is 1. The van der Waals surface area contributed by atoms with Crippen molar-refractivity contribution in [2.24, 2.45) is 0 Å². The molecular formula is C20H18N2O6S3. The molecule has 0 saturated carbocycles. The number of nitro groups is 1. The van der Waals surface area contributed by atoms with E-state index in [1.165, 1.54) is 23.9 Å². The smallest absolute Gasteiger partial charge is 0.326 e. The molecule has 0 radical (unpaired) electrons. The molecule has 3 rings (SSSR count). The van der Waals surface area contributed by atoms with E-state index in [4.69, 9.17) is 16.6 Å². The molecule has 1 unspecified atom stereocenters. The van der Waals surface area contributed by atoms with Gasteiger partial charge in [-0.15, -0.1) is 0 Å². The van der Waals surface area contributed by atoms with Crippen molar-refractivity contribution in [2.45, 2.75) is 19.4 Å². The molecule has 1 N–H and O–H groups in total. The molecule has 1 aromatic heterocycles. The van der Waals surface area contributed by atoms with Crippen molar-refractivity contribution in [1.82, 2.24) is 4.90 Å². The van der Waals surface area contributed by atoms with Gasteiger partial charge in [-0.2, -0.15) is 11.8 Å². The number of hydrogen-bond acceptors (Lipinski definition) is 8. The number of carboxylic acids is 1. The minimum absolute atomic E-state index is 0.0784. The highest BCUT2D eigenvalue weighted by Crippen LogP contribution is 2.37. The van der Waals surface area contributed by atoms with Crippen molar-refractivity contribution < 1.29 is 24.0 Å². The van der Waals surface area contributed by atoms with E-state index >= 15 is 0 Å². The summed E-state index contributed by atoms with van der Waals surface area (Å²) in [7, 11) is 0. The molecule has 31 heavy (non-hydrogen) atoms. The SMILES string of the molecule is CSCCC(C(=O)O)N1C(=O)C(=Cc2ccc(-c3ccc(C)cc3[N+](=O)[O-])o2)SC1=S. The zero-order valence-electron chi connectivity index (χ0n) is 16.6.